The van der Waals surface area contributed by atoms with Gasteiger partial charge in [0.2, 0.25) is 0 Å². The lowest BCUT2D eigenvalue weighted by Crippen LogP contribution is -2.32. The number of carbonyl (C=O) groups excluding carboxylic acids is 3. The van der Waals surface area contributed by atoms with E-state index in [2.05, 4.69) is 10.1 Å². The summed E-state index contributed by atoms with van der Waals surface area (Å²) in [4.78, 5) is 37.5. The molecule has 0 saturated carbocycles. The first-order valence-corrected chi connectivity index (χ1v) is 8.66. The Morgan fingerprint density at radius 3 is 2.26 bits per heavy atom. The van der Waals surface area contributed by atoms with Gasteiger partial charge in [-0.05, 0) is 42.5 Å². The SMILES string of the molecule is COC(=O)c1ccc(NC2=C(Cl)C(=O)N(c3ccc(Cl)cc3Cl)C2=O)cc1. The number of nitrogens with zero attached hydrogens (tertiary/aromatic N) is 1. The third-order valence-corrected chi connectivity index (χ3v) is 4.64. The van der Waals surface area contributed by atoms with Gasteiger partial charge in [-0.25, -0.2) is 9.69 Å². The van der Waals surface area contributed by atoms with Crippen LogP contribution in [0.25, 0.3) is 0 Å². The molecule has 1 aliphatic heterocycles. The zero-order valence-electron chi connectivity index (χ0n) is 13.8. The fourth-order valence-electron chi connectivity index (χ4n) is 2.44. The Kier molecular flexibility index (Phi) is 5.41. The van der Waals surface area contributed by atoms with Crippen molar-refractivity contribution in [1.29, 1.82) is 0 Å². The quantitative estimate of drug-likeness (QED) is 0.586. The number of methoxy groups -OCH3 is 1. The lowest BCUT2D eigenvalue weighted by Gasteiger charge is -2.16. The largest absolute Gasteiger partial charge is 0.465 e. The van der Waals surface area contributed by atoms with E-state index < -0.39 is 17.8 Å². The number of amides is 2. The van der Waals surface area contributed by atoms with Crippen LogP contribution in [0, 0.1) is 0 Å². The van der Waals surface area contributed by atoms with Gasteiger partial charge in [-0.2, -0.15) is 0 Å². The number of hydrogen-bond donors (Lipinski definition) is 1. The van der Waals surface area contributed by atoms with Gasteiger partial charge in [-0.3, -0.25) is 9.59 Å². The van der Waals surface area contributed by atoms with Crippen LogP contribution in [-0.2, 0) is 14.3 Å². The molecule has 0 saturated heterocycles. The second-order valence-electron chi connectivity index (χ2n) is 5.42. The van der Waals surface area contributed by atoms with Gasteiger partial charge in [0.25, 0.3) is 11.8 Å². The normalized spacial score (nSPS) is 14.0. The Hall–Kier alpha value is -2.54. The Morgan fingerprint density at radius 2 is 1.67 bits per heavy atom. The van der Waals surface area contributed by atoms with Crippen LogP contribution in [0.3, 0.4) is 0 Å². The standard InChI is InChI=1S/C18H11Cl3N2O4/c1-27-18(26)9-2-5-11(6-3-9)22-15-14(21)16(24)23(17(15)25)13-7-4-10(19)8-12(13)20/h2-8,22H,1H3. The summed E-state index contributed by atoms with van der Waals surface area (Å²) in [6.07, 6.45) is 0. The van der Waals surface area contributed by atoms with E-state index in [-0.39, 0.29) is 21.4 Å². The minimum absolute atomic E-state index is 0.0986. The minimum Gasteiger partial charge on any atom is -0.465 e. The molecule has 2 aromatic rings. The molecule has 2 amide bonds. The maximum atomic E-state index is 12.7. The molecule has 1 heterocycles. The number of rotatable bonds is 4. The maximum Gasteiger partial charge on any atom is 0.337 e. The van der Waals surface area contributed by atoms with E-state index in [1.165, 1.54) is 37.4 Å². The van der Waals surface area contributed by atoms with Crippen LogP contribution in [0.15, 0.2) is 53.2 Å². The van der Waals surface area contributed by atoms with E-state index in [1.807, 2.05) is 0 Å². The van der Waals surface area contributed by atoms with Gasteiger partial charge in [0.1, 0.15) is 10.7 Å². The van der Waals surface area contributed by atoms with Crippen molar-refractivity contribution in [1.82, 2.24) is 0 Å². The first-order valence-electron chi connectivity index (χ1n) is 7.52. The Balaban J connectivity index is 1.87. The highest BCUT2D eigenvalue weighted by Crippen LogP contribution is 2.35. The summed E-state index contributed by atoms with van der Waals surface area (Å²) in [7, 11) is 1.28. The predicted octanol–water partition coefficient (Wildman–Crippen LogP) is 4.22. The van der Waals surface area contributed by atoms with E-state index in [9.17, 15) is 14.4 Å². The fraction of sp³-hybridized carbons (Fsp3) is 0.0556. The summed E-state index contributed by atoms with van der Waals surface area (Å²) >= 11 is 18.0. The van der Waals surface area contributed by atoms with Crippen molar-refractivity contribution in [2.45, 2.75) is 0 Å². The average Bonchev–Trinajstić information content (AvgIpc) is 2.86. The van der Waals surface area contributed by atoms with Crippen LogP contribution in [0.4, 0.5) is 11.4 Å². The molecule has 9 heteroatoms. The van der Waals surface area contributed by atoms with Gasteiger partial charge in [0.15, 0.2) is 0 Å². The topological polar surface area (TPSA) is 75.7 Å². The Labute approximate surface area is 169 Å². The molecule has 1 aliphatic rings. The fourth-order valence-corrected chi connectivity index (χ4v) is 3.15. The highest BCUT2D eigenvalue weighted by Gasteiger charge is 2.39. The third-order valence-electron chi connectivity index (χ3n) is 3.75. The van der Waals surface area contributed by atoms with Gasteiger partial charge in [0, 0.05) is 10.7 Å². The monoisotopic (exact) mass is 424 g/mol. The zero-order chi connectivity index (χ0) is 19.7. The molecule has 1 N–H and O–H groups in total. The van der Waals surface area contributed by atoms with Crippen molar-refractivity contribution >= 4 is 64.0 Å². The van der Waals surface area contributed by atoms with E-state index in [0.717, 1.165) is 4.90 Å². The third kappa shape index (κ3) is 3.64. The van der Waals surface area contributed by atoms with Crippen molar-refractivity contribution in [3.8, 4) is 0 Å². The van der Waals surface area contributed by atoms with Crippen molar-refractivity contribution < 1.29 is 19.1 Å². The van der Waals surface area contributed by atoms with Crippen molar-refractivity contribution in [2.75, 3.05) is 17.3 Å². The molecular weight excluding hydrogens is 415 g/mol. The first kappa shape index (κ1) is 19.2. The summed E-state index contributed by atoms with van der Waals surface area (Å²) in [6, 6.07) is 10.5. The van der Waals surface area contributed by atoms with Crippen LogP contribution in [0.1, 0.15) is 10.4 Å². The Bertz CT molecular complexity index is 987. The van der Waals surface area contributed by atoms with Crippen molar-refractivity contribution in [3.05, 3.63) is 68.8 Å². The van der Waals surface area contributed by atoms with E-state index >= 15 is 0 Å². The van der Waals surface area contributed by atoms with Gasteiger partial charge >= 0.3 is 5.97 Å². The number of esters is 1. The van der Waals surface area contributed by atoms with Gasteiger partial charge in [-0.1, -0.05) is 34.8 Å². The molecule has 0 unspecified atom stereocenters. The lowest BCUT2D eigenvalue weighted by atomic mass is 10.2. The predicted molar refractivity (Wildman–Crippen MR) is 103 cm³/mol. The number of imide groups is 1. The van der Waals surface area contributed by atoms with E-state index in [0.29, 0.717) is 16.3 Å². The molecule has 3 rings (SSSR count). The molecule has 0 radical (unpaired) electrons. The zero-order valence-corrected chi connectivity index (χ0v) is 16.0. The molecule has 0 aromatic heterocycles. The smallest absolute Gasteiger partial charge is 0.337 e. The van der Waals surface area contributed by atoms with Gasteiger partial charge in [0.05, 0.1) is 23.4 Å². The summed E-state index contributed by atoms with van der Waals surface area (Å²) < 4.78 is 4.62. The van der Waals surface area contributed by atoms with Crippen LogP contribution in [0.5, 0.6) is 0 Å². The highest BCUT2D eigenvalue weighted by molar-refractivity contribution is 6.53. The minimum atomic E-state index is -0.709. The summed E-state index contributed by atoms with van der Waals surface area (Å²) in [5.74, 6) is -1.86. The number of ether oxygens (including phenoxy) is 1. The molecule has 6 nitrogen and oxygen atoms in total. The molecule has 0 atom stereocenters. The number of halogens is 3. The molecular formula is C18H11Cl3N2O4. The number of benzene rings is 2. The van der Waals surface area contributed by atoms with E-state index in [1.54, 1.807) is 12.1 Å². The molecule has 0 bridgehead atoms. The van der Waals surface area contributed by atoms with Crippen molar-refractivity contribution in [3.63, 3.8) is 0 Å². The Morgan fingerprint density at radius 1 is 1.00 bits per heavy atom. The van der Waals surface area contributed by atoms with Crippen LogP contribution < -0.4 is 10.2 Å². The summed E-state index contributed by atoms with van der Waals surface area (Å²) in [5.41, 5.74) is 0.873. The second kappa shape index (κ2) is 7.60. The molecule has 2 aromatic carbocycles. The van der Waals surface area contributed by atoms with Crippen LogP contribution in [0.2, 0.25) is 10.0 Å². The molecule has 0 aliphatic carbocycles. The second-order valence-corrected chi connectivity index (χ2v) is 6.65. The van der Waals surface area contributed by atoms with Gasteiger partial charge < -0.3 is 10.1 Å². The molecule has 27 heavy (non-hydrogen) atoms. The summed E-state index contributed by atoms with van der Waals surface area (Å²) in [6.45, 7) is 0. The van der Waals surface area contributed by atoms with Crippen LogP contribution in [-0.4, -0.2) is 24.9 Å². The number of anilines is 2. The number of hydrogen-bond acceptors (Lipinski definition) is 5. The molecule has 138 valence electrons. The van der Waals surface area contributed by atoms with Gasteiger partial charge in [-0.15, -0.1) is 0 Å². The maximum absolute atomic E-state index is 12.7. The highest BCUT2D eigenvalue weighted by atomic mass is 35.5. The lowest BCUT2D eigenvalue weighted by molar-refractivity contribution is -0.120. The number of nitrogens with one attached hydrogen (secondary N) is 1. The first-order chi connectivity index (χ1) is 12.8. The molecule has 0 spiro atoms. The van der Waals surface area contributed by atoms with E-state index in [4.69, 9.17) is 34.8 Å². The van der Waals surface area contributed by atoms with Crippen molar-refractivity contribution in [2.24, 2.45) is 0 Å². The number of carbonyl (C=O) groups is 3. The van der Waals surface area contributed by atoms with Crippen LogP contribution >= 0.6 is 34.8 Å². The summed E-state index contributed by atoms with van der Waals surface area (Å²) in [5, 5.41) is 3.03. The molecule has 0 fully saturated rings. The average molecular weight is 426 g/mol.